The molecule has 1 aromatic heterocycles. The lowest BCUT2D eigenvalue weighted by Crippen LogP contribution is -2.19. The Morgan fingerprint density at radius 3 is 2.63 bits per heavy atom. The van der Waals surface area contributed by atoms with Crippen LogP contribution in [0.5, 0.6) is 0 Å². The van der Waals surface area contributed by atoms with Crippen LogP contribution < -0.4 is 5.32 Å². The molecule has 2 rings (SSSR count). The van der Waals surface area contributed by atoms with Crippen LogP contribution in [-0.2, 0) is 7.05 Å². The van der Waals surface area contributed by atoms with Crippen LogP contribution in [0, 0.1) is 0 Å². The second-order valence-electron chi connectivity index (χ2n) is 4.57. The summed E-state index contributed by atoms with van der Waals surface area (Å²) in [5.74, 6) is 0. The van der Waals surface area contributed by atoms with Gasteiger partial charge in [-0.15, -0.1) is 10.2 Å². The fourth-order valence-electron chi connectivity index (χ4n) is 1.77. The summed E-state index contributed by atoms with van der Waals surface area (Å²) in [5, 5.41) is 12.3. The van der Waals surface area contributed by atoms with E-state index in [4.69, 9.17) is 0 Å². The number of hydrogen-bond acceptors (Lipinski definition) is 4. The van der Waals surface area contributed by atoms with E-state index in [1.807, 2.05) is 11.6 Å². The third-order valence-corrected chi connectivity index (χ3v) is 4.02. The van der Waals surface area contributed by atoms with Gasteiger partial charge in [0.1, 0.15) is 6.33 Å². The normalized spacial score (nSPS) is 12.6. The van der Waals surface area contributed by atoms with Crippen LogP contribution in [0.4, 0.5) is 0 Å². The summed E-state index contributed by atoms with van der Waals surface area (Å²) in [6, 6.07) is 9.02. The van der Waals surface area contributed by atoms with Crippen LogP contribution in [0.3, 0.4) is 0 Å². The Morgan fingerprint density at radius 1 is 1.32 bits per heavy atom. The van der Waals surface area contributed by atoms with E-state index >= 15 is 0 Å². The van der Waals surface area contributed by atoms with Crippen molar-refractivity contribution in [1.82, 2.24) is 20.1 Å². The summed E-state index contributed by atoms with van der Waals surface area (Å²) in [6.07, 6.45) is 2.87. The first-order chi connectivity index (χ1) is 9.20. The number of hydrogen-bond donors (Lipinski definition) is 1. The van der Waals surface area contributed by atoms with Crippen LogP contribution in [-0.4, -0.2) is 21.3 Å². The van der Waals surface area contributed by atoms with Crippen LogP contribution in [0.15, 0.2) is 40.6 Å². The average Bonchev–Trinajstić information content (AvgIpc) is 2.82. The Kier molecular flexibility index (Phi) is 4.99. The average molecular weight is 276 g/mol. The van der Waals surface area contributed by atoms with Gasteiger partial charge in [-0.05, 0) is 49.3 Å². The predicted octanol–water partition coefficient (Wildman–Crippen LogP) is 3.03. The van der Waals surface area contributed by atoms with E-state index in [1.165, 1.54) is 10.5 Å². The van der Waals surface area contributed by atoms with Crippen molar-refractivity contribution in [1.29, 1.82) is 0 Å². The van der Waals surface area contributed by atoms with Crippen molar-refractivity contribution in [2.24, 2.45) is 7.05 Å². The first-order valence-electron chi connectivity index (χ1n) is 6.56. The first-order valence-corrected chi connectivity index (χ1v) is 7.37. The molecule has 0 bridgehead atoms. The van der Waals surface area contributed by atoms with E-state index in [0.717, 1.165) is 18.1 Å². The molecule has 1 unspecified atom stereocenters. The van der Waals surface area contributed by atoms with E-state index in [-0.39, 0.29) is 0 Å². The molecule has 0 saturated heterocycles. The van der Waals surface area contributed by atoms with Crippen molar-refractivity contribution in [3.05, 3.63) is 36.2 Å². The first kappa shape index (κ1) is 14.1. The summed E-state index contributed by atoms with van der Waals surface area (Å²) in [6.45, 7) is 5.43. The van der Waals surface area contributed by atoms with E-state index < -0.39 is 0 Å². The second kappa shape index (κ2) is 6.73. The van der Waals surface area contributed by atoms with Crippen LogP contribution in [0.25, 0.3) is 0 Å². The van der Waals surface area contributed by atoms with Crippen LogP contribution in [0.2, 0.25) is 0 Å². The van der Waals surface area contributed by atoms with E-state index in [9.17, 15) is 0 Å². The molecule has 19 heavy (non-hydrogen) atoms. The van der Waals surface area contributed by atoms with Gasteiger partial charge in [-0.25, -0.2) is 0 Å². The molecule has 5 heteroatoms. The standard InChI is InChI=1S/C14H20N4S/c1-4-9-15-11(2)12-5-7-13(8-6-12)19-14-17-16-10-18(14)3/h5-8,10-11,15H,4,9H2,1-3H3. The van der Waals surface area contributed by atoms with Gasteiger partial charge in [0.05, 0.1) is 0 Å². The lowest BCUT2D eigenvalue weighted by molar-refractivity contribution is 0.570. The highest BCUT2D eigenvalue weighted by Gasteiger charge is 2.06. The summed E-state index contributed by atoms with van der Waals surface area (Å²) >= 11 is 1.63. The van der Waals surface area contributed by atoms with Gasteiger partial charge in [-0.1, -0.05) is 19.1 Å². The van der Waals surface area contributed by atoms with Gasteiger partial charge in [0.2, 0.25) is 0 Å². The zero-order chi connectivity index (χ0) is 13.7. The highest BCUT2D eigenvalue weighted by atomic mass is 32.2. The molecule has 0 radical (unpaired) electrons. The lowest BCUT2D eigenvalue weighted by Gasteiger charge is -2.13. The van der Waals surface area contributed by atoms with E-state index in [2.05, 4.69) is 53.6 Å². The Hall–Kier alpha value is -1.33. The quantitative estimate of drug-likeness (QED) is 0.880. The summed E-state index contributed by atoms with van der Waals surface area (Å²) in [7, 11) is 1.95. The van der Waals surface area contributed by atoms with Crippen molar-refractivity contribution < 1.29 is 0 Å². The number of aromatic nitrogens is 3. The Morgan fingerprint density at radius 2 is 2.05 bits per heavy atom. The molecular formula is C14H20N4S. The van der Waals surface area contributed by atoms with Crippen molar-refractivity contribution in [3.8, 4) is 0 Å². The summed E-state index contributed by atoms with van der Waals surface area (Å²) in [5.41, 5.74) is 1.32. The van der Waals surface area contributed by atoms with Crippen LogP contribution >= 0.6 is 11.8 Å². The van der Waals surface area contributed by atoms with Gasteiger partial charge >= 0.3 is 0 Å². The van der Waals surface area contributed by atoms with Crippen molar-refractivity contribution in [2.45, 2.75) is 36.4 Å². The fraction of sp³-hybridized carbons (Fsp3) is 0.429. The topological polar surface area (TPSA) is 42.7 Å². The molecule has 0 amide bonds. The number of rotatable bonds is 6. The lowest BCUT2D eigenvalue weighted by atomic mass is 10.1. The predicted molar refractivity (Wildman–Crippen MR) is 78.3 cm³/mol. The van der Waals surface area contributed by atoms with Gasteiger partial charge < -0.3 is 9.88 Å². The molecular weight excluding hydrogens is 256 g/mol. The Balaban J connectivity index is 2.00. The Labute approximate surface area is 118 Å². The molecule has 1 atom stereocenters. The third-order valence-electron chi connectivity index (χ3n) is 2.96. The van der Waals surface area contributed by atoms with Gasteiger partial charge in [-0.3, -0.25) is 0 Å². The number of nitrogens with zero attached hydrogens (tertiary/aromatic N) is 3. The molecule has 0 aliphatic rings. The zero-order valence-electron chi connectivity index (χ0n) is 11.6. The smallest absolute Gasteiger partial charge is 0.195 e. The highest BCUT2D eigenvalue weighted by molar-refractivity contribution is 7.99. The monoisotopic (exact) mass is 276 g/mol. The van der Waals surface area contributed by atoms with Crippen LogP contribution in [0.1, 0.15) is 31.9 Å². The number of aryl methyl sites for hydroxylation is 1. The van der Waals surface area contributed by atoms with Gasteiger partial charge in [0, 0.05) is 18.0 Å². The maximum absolute atomic E-state index is 4.07. The number of benzene rings is 1. The highest BCUT2D eigenvalue weighted by Crippen LogP contribution is 2.26. The molecule has 1 heterocycles. The second-order valence-corrected chi connectivity index (χ2v) is 5.61. The minimum atomic E-state index is 0.397. The van der Waals surface area contributed by atoms with Crippen molar-refractivity contribution >= 4 is 11.8 Å². The molecule has 4 nitrogen and oxygen atoms in total. The molecule has 0 fully saturated rings. The number of nitrogens with one attached hydrogen (secondary N) is 1. The molecule has 0 aliphatic heterocycles. The Bertz CT molecular complexity index is 506. The van der Waals surface area contributed by atoms with Gasteiger partial charge in [0.25, 0.3) is 0 Å². The molecule has 1 N–H and O–H groups in total. The van der Waals surface area contributed by atoms with Gasteiger partial charge in [-0.2, -0.15) is 0 Å². The fourth-order valence-corrected chi connectivity index (χ4v) is 2.54. The van der Waals surface area contributed by atoms with E-state index in [1.54, 1.807) is 18.1 Å². The molecule has 2 aromatic rings. The van der Waals surface area contributed by atoms with Crippen molar-refractivity contribution in [3.63, 3.8) is 0 Å². The zero-order valence-corrected chi connectivity index (χ0v) is 12.4. The molecule has 0 aliphatic carbocycles. The third kappa shape index (κ3) is 3.81. The maximum atomic E-state index is 4.07. The molecule has 102 valence electrons. The van der Waals surface area contributed by atoms with Gasteiger partial charge in [0.15, 0.2) is 5.16 Å². The van der Waals surface area contributed by atoms with Crippen molar-refractivity contribution in [2.75, 3.05) is 6.54 Å². The minimum absolute atomic E-state index is 0.397. The minimum Gasteiger partial charge on any atom is -0.311 e. The summed E-state index contributed by atoms with van der Waals surface area (Å²) in [4.78, 5) is 1.18. The SMILES string of the molecule is CCCNC(C)c1ccc(Sc2nncn2C)cc1. The van der Waals surface area contributed by atoms with E-state index in [0.29, 0.717) is 6.04 Å². The molecule has 0 saturated carbocycles. The molecule has 1 aromatic carbocycles. The largest absolute Gasteiger partial charge is 0.311 e. The molecule has 0 spiro atoms. The maximum Gasteiger partial charge on any atom is 0.195 e. The summed E-state index contributed by atoms with van der Waals surface area (Å²) < 4.78 is 1.92.